The highest BCUT2D eigenvalue weighted by molar-refractivity contribution is 7.09. The summed E-state index contributed by atoms with van der Waals surface area (Å²) in [6, 6.07) is 7.30. The number of piperidine rings is 1. The highest BCUT2D eigenvalue weighted by Crippen LogP contribution is 2.38. The van der Waals surface area contributed by atoms with Crippen LogP contribution in [0.4, 0.5) is 11.1 Å². The number of aromatic nitrogens is 2. The number of ether oxygens (including phenoxy) is 1. The van der Waals surface area contributed by atoms with Gasteiger partial charge in [0.1, 0.15) is 11.2 Å². The lowest BCUT2D eigenvalue weighted by molar-refractivity contribution is -0.157. The normalized spacial score (nSPS) is 22.5. The Morgan fingerprint density at radius 2 is 2.26 bits per heavy atom. The molecule has 2 heterocycles. The van der Waals surface area contributed by atoms with Crippen LogP contribution in [-0.2, 0) is 11.2 Å². The molecule has 146 valence electrons. The number of nitrogens with zero attached hydrogens (tertiary/aromatic N) is 4. The number of benzene rings is 1. The first kappa shape index (κ1) is 19.4. The highest BCUT2D eigenvalue weighted by atomic mass is 32.1. The van der Waals surface area contributed by atoms with Crippen molar-refractivity contribution in [2.45, 2.75) is 18.9 Å². The first-order chi connectivity index (χ1) is 12.9. The number of carboxylic acid groups (broad SMARTS) is 1. The Balaban J connectivity index is 1.90. The van der Waals surface area contributed by atoms with Crippen molar-refractivity contribution in [3.63, 3.8) is 0 Å². The van der Waals surface area contributed by atoms with Gasteiger partial charge in [-0.3, -0.25) is 4.79 Å². The zero-order valence-corrected chi connectivity index (χ0v) is 16.4. The molecule has 0 unspecified atom stereocenters. The SMILES string of the molecule is COc1cccc(C[C@@]2(C(=O)O)CN(c3nc(N(C)C)ns3)CC[C@H]2O)c1. The topological polar surface area (TPSA) is 99.0 Å². The van der Waals surface area contributed by atoms with Gasteiger partial charge >= 0.3 is 5.97 Å². The van der Waals surface area contributed by atoms with E-state index in [1.807, 2.05) is 43.3 Å². The standard InChI is InChI=1S/C18H24N4O4S/c1-21(2)16-19-17(27-20-16)22-8-7-14(23)18(11-22,15(24)25)10-12-5-4-6-13(9-12)26-3/h4-6,9,14,23H,7-8,10-11H2,1-3H3,(H,24,25)/t14-,18-/m1/s1. The molecular weight excluding hydrogens is 368 g/mol. The number of carboxylic acids is 1. The maximum absolute atomic E-state index is 12.3. The predicted octanol–water partition coefficient (Wildman–Crippen LogP) is 1.50. The molecule has 1 aromatic heterocycles. The summed E-state index contributed by atoms with van der Waals surface area (Å²) < 4.78 is 9.54. The third-order valence-corrected chi connectivity index (χ3v) is 5.71. The van der Waals surface area contributed by atoms with E-state index < -0.39 is 17.5 Å². The third-order valence-electron chi connectivity index (χ3n) is 4.94. The molecule has 1 saturated heterocycles. The zero-order valence-electron chi connectivity index (χ0n) is 15.6. The molecule has 1 aromatic carbocycles. The monoisotopic (exact) mass is 392 g/mol. The number of aliphatic hydroxyl groups is 1. The highest BCUT2D eigenvalue weighted by Gasteiger charge is 2.50. The maximum atomic E-state index is 12.3. The second-order valence-electron chi connectivity index (χ2n) is 6.99. The first-order valence-corrected chi connectivity index (χ1v) is 9.43. The van der Waals surface area contributed by atoms with Crippen LogP contribution in [-0.4, -0.2) is 65.9 Å². The van der Waals surface area contributed by atoms with E-state index in [-0.39, 0.29) is 13.0 Å². The van der Waals surface area contributed by atoms with E-state index in [9.17, 15) is 15.0 Å². The van der Waals surface area contributed by atoms with Gasteiger partial charge in [-0.05, 0) is 30.5 Å². The van der Waals surface area contributed by atoms with Crippen molar-refractivity contribution in [2.24, 2.45) is 5.41 Å². The molecule has 3 rings (SSSR count). The van der Waals surface area contributed by atoms with Crippen LogP contribution in [0.2, 0.25) is 0 Å². The summed E-state index contributed by atoms with van der Waals surface area (Å²) in [7, 11) is 5.29. The largest absolute Gasteiger partial charge is 0.497 e. The van der Waals surface area contributed by atoms with Crippen LogP contribution in [0.1, 0.15) is 12.0 Å². The number of hydrogen-bond acceptors (Lipinski definition) is 8. The van der Waals surface area contributed by atoms with Gasteiger partial charge in [0.05, 0.1) is 13.2 Å². The number of rotatable bonds is 6. The van der Waals surface area contributed by atoms with Crippen molar-refractivity contribution in [1.29, 1.82) is 0 Å². The van der Waals surface area contributed by atoms with E-state index in [2.05, 4.69) is 9.36 Å². The molecule has 0 amide bonds. The Morgan fingerprint density at radius 3 is 2.89 bits per heavy atom. The van der Waals surface area contributed by atoms with Gasteiger partial charge in [-0.1, -0.05) is 12.1 Å². The van der Waals surface area contributed by atoms with Gasteiger partial charge in [-0.2, -0.15) is 9.36 Å². The van der Waals surface area contributed by atoms with Gasteiger partial charge in [0, 0.05) is 38.7 Å². The smallest absolute Gasteiger partial charge is 0.314 e. The fourth-order valence-electron chi connectivity index (χ4n) is 3.37. The summed E-state index contributed by atoms with van der Waals surface area (Å²) >= 11 is 1.24. The summed E-state index contributed by atoms with van der Waals surface area (Å²) in [5.74, 6) is 0.240. The molecule has 0 radical (unpaired) electrons. The Bertz CT molecular complexity index is 812. The van der Waals surface area contributed by atoms with Crippen molar-refractivity contribution in [2.75, 3.05) is 44.1 Å². The fourth-order valence-corrected chi connectivity index (χ4v) is 4.13. The average Bonchev–Trinajstić information content (AvgIpc) is 3.14. The molecule has 0 bridgehead atoms. The minimum atomic E-state index is -1.32. The van der Waals surface area contributed by atoms with Gasteiger partial charge in [0.15, 0.2) is 0 Å². The molecule has 2 aromatic rings. The fraction of sp³-hybridized carbons (Fsp3) is 0.500. The van der Waals surface area contributed by atoms with E-state index in [0.29, 0.717) is 29.8 Å². The molecule has 0 aliphatic carbocycles. The van der Waals surface area contributed by atoms with Crippen LogP contribution in [0.25, 0.3) is 0 Å². The minimum absolute atomic E-state index is 0.169. The van der Waals surface area contributed by atoms with E-state index in [4.69, 9.17) is 4.74 Å². The molecule has 9 heteroatoms. The Hall–Kier alpha value is -2.39. The van der Waals surface area contributed by atoms with Crippen molar-refractivity contribution in [1.82, 2.24) is 9.36 Å². The Labute approximate surface area is 162 Å². The second kappa shape index (κ2) is 7.69. The lowest BCUT2D eigenvalue weighted by Crippen LogP contribution is -2.57. The molecule has 0 spiro atoms. The first-order valence-electron chi connectivity index (χ1n) is 8.66. The van der Waals surface area contributed by atoms with E-state index in [1.54, 1.807) is 12.0 Å². The molecule has 27 heavy (non-hydrogen) atoms. The zero-order chi connectivity index (χ0) is 19.6. The van der Waals surface area contributed by atoms with Crippen LogP contribution in [0.5, 0.6) is 5.75 Å². The van der Waals surface area contributed by atoms with E-state index in [0.717, 1.165) is 5.56 Å². The number of carbonyl (C=O) groups is 1. The van der Waals surface area contributed by atoms with Crippen LogP contribution in [0.15, 0.2) is 24.3 Å². The quantitative estimate of drug-likeness (QED) is 0.763. The van der Waals surface area contributed by atoms with Crippen LogP contribution in [0, 0.1) is 5.41 Å². The third kappa shape index (κ3) is 3.84. The van der Waals surface area contributed by atoms with Crippen molar-refractivity contribution in [3.05, 3.63) is 29.8 Å². The van der Waals surface area contributed by atoms with E-state index >= 15 is 0 Å². The number of aliphatic hydroxyl groups excluding tert-OH is 1. The maximum Gasteiger partial charge on any atom is 0.314 e. The van der Waals surface area contributed by atoms with Crippen LogP contribution >= 0.6 is 11.5 Å². The van der Waals surface area contributed by atoms with Crippen molar-refractivity contribution in [3.8, 4) is 5.75 Å². The van der Waals surface area contributed by atoms with Gasteiger partial charge < -0.3 is 24.7 Å². The Morgan fingerprint density at radius 1 is 1.48 bits per heavy atom. The molecule has 2 N–H and O–H groups in total. The molecule has 1 aliphatic rings. The van der Waals surface area contributed by atoms with Crippen LogP contribution in [0.3, 0.4) is 0 Å². The Kier molecular flexibility index (Phi) is 5.52. The summed E-state index contributed by atoms with van der Waals surface area (Å²) in [5, 5.41) is 21.4. The van der Waals surface area contributed by atoms with Gasteiger partial charge in [-0.25, -0.2) is 0 Å². The average molecular weight is 392 g/mol. The van der Waals surface area contributed by atoms with E-state index in [1.165, 1.54) is 11.5 Å². The number of aliphatic carboxylic acids is 1. The summed E-state index contributed by atoms with van der Waals surface area (Å²) in [6.45, 7) is 0.707. The minimum Gasteiger partial charge on any atom is -0.497 e. The molecule has 2 atom stereocenters. The second-order valence-corrected chi connectivity index (χ2v) is 7.72. The lowest BCUT2D eigenvalue weighted by atomic mass is 9.73. The predicted molar refractivity (Wildman–Crippen MR) is 104 cm³/mol. The summed E-state index contributed by atoms with van der Waals surface area (Å²) in [6.07, 6.45) is -0.386. The lowest BCUT2D eigenvalue weighted by Gasteiger charge is -2.43. The van der Waals surface area contributed by atoms with Gasteiger partial charge in [0.2, 0.25) is 11.1 Å². The van der Waals surface area contributed by atoms with Crippen LogP contribution < -0.4 is 14.5 Å². The molecule has 0 saturated carbocycles. The number of anilines is 2. The molecule has 1 fully saturated rings. The summed E-state index contributed by atoms with van der Waals surface area (Å²) in [4.78, 5) is 20.5. The van der Waals surface area contributed by atoms with Gasteiger partial charge in [0.25, 0.3) is 0 Å². The molecule has 8 nitrogen and oxygen atoms in total. The molecular formula is C18H24N4O4S. The van der Waals surface area contributed by atoms with Gasteiger partial charge in [-0.15, -0.1) is 0 Å². The molecule has 1 aliphatic heterocycles. The summed E-state index contributed by atoms with van der Waals surface area (Å²) in [5.41, 5.74) is -0.516. The number of methoxy groups -OCH3 is 1. The number of hydrogen-bond donors (Lipinski definition) is 2. The van der Waals surface area contributed by atoms with Crippen molar-refractivity contribution < 1.29 is 19.7 Å². The van der Waals surface area contributed by atoms with Crippen molar-refractivity contribution >= 4 is 28.6 Å².